The van der Waals surface area contributed by atoms with E-state index in [0.717, 1.165) is 0 Å². The fourth-order valence-corrected chi connectivity index (χ4v) is 0.725. The molecule has 0 heterocycles. The van der Waals surface area contributed by atoms with Crippen molar-refractivity contribution in [2.24, 2.45) is 0 Å². The summed E-state index contributed by atoms with van der Waals surface area (Å²) in [5.41, 5.74) is 0. The van der Waals surface area contributed by atoms with Crippen molar-refractivity contribution in [1.82, 2.24) is 0 Å². The minimum atomic E-state index is -0.881. The van der Waals surface area contributed by atoms with Gasteiger partial charge in [-0.3, -0.25) is 4.79 Å². The van der Waals surface area contributed by atoms with Crippen LogP contribution in [0.4, 0.5) is 0 Å². The molecule has 0 atom stereocenters. The Morgan fingerprint density at radius 2 is 1.73 bits per heavy atom. The second-order valence-corrected chi connectivity index (χ2v) is 2.28. The van der Waals surface area contributed by atoms with Crippen LogP contribution in [0.2, 0.25) is 0 Å². The summed E-state index contributed by atoms with van der Waals surface area (Å²) >= 11 is 0. The molecule has 0 aliphatic carbocycles. The summed E-state index contributed by atoms with van der Waals surface area (Å²) < 4.78 is 0. The average Bonchev–Trinajstić information content (AvgIpc) is 1.97. The van der Waals surface area contributed by atoms with Crippen LogP contribution in [-0.2, 0) is 4.79 Å². The van der Waals surface area contributed by atoms with Gasteiger partial charge in [0.05, 0.1) is 0 Å². The third-order valence-electron chi connectivity index (χ3n) is 1.38. The smallest absolute Gasteiger partial charge is 0.303 e. The van der Waals surface area contributed by atoms with E-state index in [4.69, 9.17) is 15.3 Å². The number of hydrogen-bond donors (Lipinski definition) is 3. The maximum absolute atomic E-state index is 10.1. The van der Waals surface area contributed by atoms with Crippen molar-refractivity contribution >= 4 is 5.97 Å². The standard InChI is InChI=1S/C7H13O4/c8-4-3-6(5-9)1-2-7(10)11/h8-9H,1-5H2,(H,10,11). The molecule has 0 spiro atoms. The Morgan fingerprint density at radius 1 is 1.09 bits per heavy atom. The summed E-state index contributed by atoms with van der Waals surface area (Å²) in [6.07, 6.45) is 0.770. The van der Waals surface area contributed by atoms with Crippen LogP contribution in [0.5, 0.6) is 0 Å². The highest BCUT2D eigenvalue weighted by Crippen LogP contribution is 2.11. The van der Waals surface area contributed by atoms with Crippen molar-refractivity contribution in [1.29, 1.82) is 0 Å². The van der Waals surface area contributed by atoms with Crippen LogP contribution in [0.25, 0.3) is 0 Å². The fraction of sp³-hybridized carbons (Fsp3) is 0.714. The van der Waals surface area contributed by atoms with E-state index in [1.807, 2.05) is 0 Å². The van der Waals surface area contributed by atoms with Gasteiger partial charge in [-0.1, -0.05) is 0 Å². The van der Waals surface area contributed by atoms with E-state index in [-0.39, 0.29) is 19.6 Å². The lowest BCUT2D eigenvalue weighted by Crippen LogP contribution is -2.08. The minimum Gasteiger partial charge on any atom is -0.481 e. The second kappa shape index (κ2) is 6.12. The van der Waals surface area contributed by atoms with Crippen LogP contribution in [0.1, 0.15) is 19.3 Å². The summed E-state index contributed by atoms with van der Waals surface area (Å²) in [7, 11) is 0. The molecule has 0 aliphatic rings. The van der Waals surface area contributed by atoms with Crippen molar-refractivity contribution in [3.8, 4) is 0 Å². The summed E-state index contributed by atoms with van der Waals surface area (Å²) in [4.78, 5) is 10.1. The van der Waals surface area contributed by atoms with Gasteiger partial charge in [0, 0.05) is 25.6 Å². The molecule has 0 saturated carbocycles. The van der Waals surface area contributed by atoms with E-state index in [1.54, 1.807) is 0 Å². The molecule has 65 valence electrons. The van der Waals surface area contributed by atoms with Gasteiger partial charge in [-0.2, -0.15) is 0 Å². The molecule has 0 fully saturated rings. The first kappa shape index (κ1) is 10.4. The number of aliphatic hydroxyl groups excluding tert-OH is 2. The van der Waals surface area contributed by atoms with Gasteiger partial charge in [0.1, 0.15) is 0 Å². The van der Waals surface area contributed by atoms with E-state index < -0.39 is 5.97 Å². The van der Waals surface area contributed by atoms with E-state index in [1.165, 1.54) is 0 Å². The highest BCUT2D eigenvalue weighted by Gasteiger charge is 2.09. The summed E-state index contributed by atoms with van der Waals surface area (Å²) in [6, 6.07) is 0. The zero-order valence-corrected chi connectivity index (χ0v) is 6.29. The normalized spacial score (nSPS) is 10.5. The predicted molar refractivity (Wildman–Crippen MR) is 38.9 cm³/mol. The lowest BCUT2D eigenvalue weighted by atomic mass is 10.0. The monoisotopic (exact) mass is 161 g/mol. The van der Waals surface area contributed by atoms with Crippen LogP contribution in [0, 0.1) is 5.92 Å². The molecule has 0 rings (SSSR count). The number of carbonyl (C=O) groups is 1. The fourth-order valence-electron chi connectivity index (χ4n) is 0.725. The van der Waals surface area contributed by atoms with Gasteiger partial charge in [0.15, 0.2) is 0 Å². The van der Waals surface area contributed by atoms with Crippen molar-refractivity contribution in [2.75, 3.05) is 13.2 Å². The van der Waals surface area contributed by atoms with Gasteiger partial charge in [0.2, 0.25) is 0 Å². The molecule has 4 nitrogen and oxygen atoms in total. The zero-order valence-electron chi connectivity index (χ0n) is 6.29. The molecule has 0 aliphatic heterocycles. The van der Waals surface area contributed by atoms with Gasteiger partial charge in [0.25, 0.3) is 0 Å². The Bertz CT molecular complexity index is 113. The highest BCUT2D eigenvalue weighted by atomic mass is 16.4. The summed E-state index contributed by atoms with van der Waals surface area (Å²) in [6.45, 7) is -0.163. The van der Waals surface area contributed by atoms with Crippen LogP contribution in [-0.4, -0.2) is 34.5 Å². The number of rotatable bonds is 6. The molecule has 0 saturated heterocycles. The maximum Gasteiger partial charge on any atom is 0.303 e. The van der Waals surface area contributed by atoms with Crippen molar-refractivity contribution in [3.63, 3.8) is 0 Å². The first-order valence-electron chi connectivity index (χ1n) is 3.47. The molecule has 0 aromatic heterocycles. The number of aliphatic hydroxyl groups is 2. The lowest BCUT2D eigenvalue weighted by molar-refractivity contribution is -0.137. The highest BCUT2D eigenvalue weighted by molar-refractivity contribution is 5.66. The van der Waals surface area contributed by atoms with Crippen LogP contribution >= 0.6 is 0 Å². The van der Waals surface area contributed by atoms with Gasteiger partial charge < -0.3 is 15.3 Å². The Morgan fingerprint density at radius 3 is 2.09 bits per heavy atom. The first-order valence-corrected chi connectivity index (χ1v) is 3.47. The molecule has 0 aromatic carbocycles. The van der Waals surface area contributed by atoms with E-state index in [9.17, 15) is 4.79 Å². The molecular weight excluding hydrogens is 148 g/mol. The number of hydrogen-bond acceptors (Lipinski definition) is 3. The Kier molecular flexibility index (Phi) is 5.78. The van der Waals surface area contributed by atoms with Crippen molar-refractivity contribution in [2.45, 2.75) is 19.3 Å². The topological polar surface area (TPSA) is 77.8 Å². The van der Waals surface area contributed by atoms with Crippen LogP contribution < -0.4 is 0 Å². The van der Waals surface area contributed by atoms with Crippen LogP contribution in [0.15, 0.2) is 0 Å². The SMILES string of the molecule is O=C(O)CC[C](CO)CCO. The average molecular weight is 161 g/mol. The second-order valence-electron chi connectivity index (χ2n) is 2.28. The molecule has 0 unspecified atom stereocenters. The largest absolute Gasteiger partial charge is 0.481 e. The Labute approximate surface area is 65.5 Å². The first-order chi connectivity index (χ1) is 5.20. The van der Waals surface area contributed by atoms with Gasteiger partial charge in [-0.25, -0.2) is 0 Å². The zero-order chi connectivity index (χ0) is 8.69. The quantitative estimate of drug-likeness (QED) is 0.504. The lowest BCUT2D eigenvalue weighted by Gasteiger charge is -2.08. The van der Waals surface area contributed by atoms with E-state index >= 15 is 0 Å². The van der Waals surface area contributed by atoms with Gasteiger partial charge in [-0.05, 0) is 12.8 Å². The molecule has 0 aromatic rings. The summed E-state index contributed by atoms with van der Waals surface area (Å²) in [5.74, 6) is -0.191. The molecule has 0 amide bonds. The number of carboxylic acids is 1. The molecular formula is C7H13O4. The van der Waals surface area contributed by atoms with Crippen molar-refractivity contribution < 1.29 is 20.1 Å². The Balaban J connectivity index is 3.43. The molecule has 4 heteroatoms. The van der Waals surface area contributed by atoms with Crippen LogP contribution in [0.3, 0.4) is 0 Å². The number of aliphatic carboxylic acids is 1. The van der Waals surface area contributed by atoms with Gasteiger partial charge in [-0.15, -0.1) is 0 Å². The molecule has 1 radical (unpaired) electrons. The third-order valence-corrected chi connectivity index (χ3v) is 1.38. The maximum atomic E-state index is 10.1. The molecule has 11 heavy (non-hydrogen) atoms. The minimum absolute atomic E-state index is 0.0237. The third kappa shape index (κ3) is 5.82. The van der Waals surface area contributed by atoms with Gasteiger partial charge >= 0.3 is 5.97 Å². The van der Waals surface area contributed by atoms with Crippen molar-refractivity contribution in [3.05, 3.63) is 5.92 Å². The summed E-state index contributed by atoms with van der Waals surface area (Å²) in [5, 5.41) is 25.4. The Hall–Kier alpha value is -0.610. The number of carboxylic acid groups (broad SMARTS) is 1. The molecule has 0 bridgehead atoms. The van der Waals surface area contributed by atoms with E-state index in [0.29, 0.717) is 18.8 Å². The predicted octanol–water partition coefficient (Wildman–Crippen LogP) is -0.200. The van der Waals surface area contributed by atoms with E-state index in [2.05, 4.69) is 0 Å². The molecule has 3 N–H and O–H groups in total.